The number of anilines is 3. The Bertz CT molecular complexity index is 1450. The number of alkyl halides is 3. The standard InChI is InChI=1S/C29H31N5O2.C2HF3O2/c1-21-19-27(34-29(31-21)30-18-17-22-9-5-3-6-10-22)33-26(20-23-11-7-4-8-12-23)28(35)32-24-13-15-25(36-2)16-14-24;3-2(4,5)1(6)7/h3-16,19,26H,17-18,20H2,1-2H3,(H,32,35)(H2,30,31,33,34);(H,6,7)/t26-;/m0./s1. The van der Waals surface area contributed by atoms with E-state index in [0.717, 1.165) is 23.4 Å². The molecular weight excluding hydrogens is 563 g/mol. The molecule has 4 rings (SSSR count). The Balaban J connectivity index is 0.000000646. The molecule has 4 N–H and O–H groups in total. The number of rotatable bonds is 11. The van der Waals surface area contributed by atoms with Crippen LogP contribution in [0.5, 0.6) is 5.75 Å². The maximum Gasteiger partial charge on any atom is 0.490 e. The van der Waals surface area contributed by atoms with E-state index in [4.69, 9.17) is 14.6 Å². The Morgan fingerprint density at radius 2 is 1.49 bits per heavy atom. The van der Waals surface area contributed by atoms with Crippen molar-refractivity contribution in [2.45, 2.75) is 32.0 Å². The minimum Gasteiger partial charge on any atom is -0.497 e. The smallest absolute Gasteiger partial charge is 0.490 e. The Morgan fingerprint density at radius 1 is 0.907 bits per heavy atom. The van der Waals surface area contributed by atoms with Gasteiger partial charge in [0.05, 0.1) is 7.11 Å². The van der Waals surface area contributed by atoms with Crippen LogP contribution in [-0.4, -0.2) is 52.8 Å². The number of carbonyl (C=O) groups excluding carboxylic acids is 1. The Hall–Kier alpha value is -5.13. The van der Waals surface area contributed by atoms with Crippen molar-refractivity contribution in [1.29, 1.82) is 0 Å². The summed E-state index contributed by atoms with van der Waals surface area (Å²) in [6.07, 6.45) is -3.72. The average Bonchev–Trinajstić information content (AvgIpc) is 2.98. The molecule has 1 amide bonds. The summed E-state index contributed by atoms with van der Waals surface area (Å²) >= 11 is 0. The number of carboxylic acids is 1. The fourth-order valence-electron chi connectivity index (χ4n) is 3.83. The molecular formula is C31H32F3N5O4. The molecule has 0 spiro atoms. The van der Waals surface area contributed by atoms with Crippen molar-refractivity contribution in [2.75, 3.05) is 29.6 Å². The Morgan fingerprint density at radius 3 is 2.05 bits per heavy atom. The van der Waals surface area contributed by atoms with Gasteiger partial charge in [-0.2, -0.15) is 18.2 Å². The van der Waals surface area contributed by atoms with Crippen LogP contribution in [-0.2, 0) is 22.4 Å². The molecule has 1 heterocycles. The molecule has 12 heteroatoms. The van der Waals surface area contributed by atoms with E-state index in [-0.39, 0.29) is 5.91 Å². The maximum absolute atomic E-state index is 13.3. The zero-order chi connectivity index (χ0) is 31.2. The number of halogens is 3. The van der Waals surface area contributed by atoms with Crippen LogP contribution in [0.3, 0.4) is 0 Å². The van der Waals surface area contributed by atoms with E-state index in [9.17, 15) is 18.0 Å². The number of nitrogens with zero attached hydrogens (tertiary/aromatic N) is 2. The number of methoxy groups -OCH3 is 1. The average molecular weight is 596 g/mol. The van der Waals surface area contributed by atoms with Crippen LogP contribution in [0.4, 0.5) is 30.6 Å². The van der Waals surface area contributed by atoms with Crippen LogP contribution in [0.2, 0.25) is 0 Å². The number of benzene rings is 3. The lowest BCUT2D eigenvalue weighted by molar-refractivity contribution is -0.192. The summed E-state index contributed by atoms with van der Waals surface area (Å²) < 4.78 is 36.9. The van der Waals surface area contributed by atoms with Crippen LogP contribution in [0.15, 0.2) is 91.0 Å². The number of amides is 1. The highest BCUT2D eigenvalue weighted by atomic mass is 19.4. The minimum absolute atomic E-state index is 0.154. The van der Waals surface area contributed by atoms with E-state index in [1.807, 2.05) is 85.8 Å². The number of aromatic nitrogens is 2. The van der Waals surface area contributed by atoms with Crippen molar-refractivity contribution >= 4 is 29.3 Å². The van der Waals surface area contributed by atoms with E-state index in [2.05, 4.69) is 38.1 Å². The second kappa shape index (κ2) is 15.8. The van der Waals surface area contributed by atoms with Gasteiger partial charge in [-0.15, -0.1) is 0 Å². The molecule has 0 radical (unpaired) electrons. The van der Waals surface area contributed by atoms with Crippen LogP contribution in [0, 0.1) is 6.92 Å². The zero-order valence-electron chi connectivity index (χ0n) is 23.6. The lowest BCUT2D eigenvalue weighted by atomic mass is 10.0. The molecule has 3 aromatic carbocycles. The van der Waals surface area contributed by atoms with Gasteiger partial charge in [-0.1, -0.05) is 60.7 Å². The number of nitrogens with one attached hydrogen (secondary N) is 3. The molecule has 1 aromatic heterocycles. The first-order valence-corrected chi connectivity index (χ1v) is 13.2. The normalized spacial score (nSPS) is 11.4. The summed E-state index contributed by atoms with van der Waals surface area (Å²) in [5.41, 5.74) is 3.80. The molecule has 0 saturated heterocycles. The third kappa shape index (κ3) is 11.3. The van der Waals surface area contributed by atoms with E-state index < -0.39 is 18.2 Å². The van der Waals surface area contributed by atoms with Crippen LogP contribution < -0.4 is 20.7 Å². The number of ether oxygens (including phenoxy) is 1. The first kappa shape index (κ1) is 32.4. The number of carbonyl (C=O) groups is 2. The van der Waals surface area contributed by atoms with Gasteiger partial charge in [0.15, 0.2) is 0 Å². The fraction of sp³-hybridized carbons (Fsp3) is 0.226. The van der Waals surface area contributed by atoms with Crippen LogP contribution in [0.25, 0.3) is 0 Å². The van der Waals surface area contributed by atoms with Crippen molar-refractivity contribution in [3.05, 3.63) is 108 Å². The molecule has 4 aromatic rings. The quantitative estimate of drug-likeness (QED) is 0.173. The number of hydrogen-bond acceptors (Lipinski definition) is 7. The third-order valence-electron chi connectivity index (χ3n) is 5.92. The maximum atomic E-state index is 13.3. The van der Waals surface area contributed by atoms with Gasteiger partial charge in [0.25, 0.3) is 0 Å². The summed E-state index contributed by atoms with van der Waals surface area (Å²) in [4.78, 5) is 31.3. The highest BCUT2D eigenvalue weighted by Crippen LogP contribution is 2.18. The van der Waals surface area contributed by atoms with Crippen molar-refractivity contribution in [3.8, 4) is 5.75 Å². The largest absolute Gasteiger partial charge is 0.497 e. The second-order valence-electron chi connectivity index (χ2n) is 9.29. The van der Waals surface area contributed by atoms with E-state index >= 15 is 0 Å². The molecule has 0 unspecified atom stereocenters. The van der Waals surface area contributed by atoms with Crippen LogP contribution >= 0.6 is 0 Å². The Kier molecular flexibility index (Phi) is 11.9. The highest BCUT2D eigenvalue weighted by molar-refractivity contribution is 5.96. The summed E-state index contributed by atoms with van der Waals surface area (Å²) in [5.74, 6) is -1.06. The molecule has 0 fully saturated rings. The predicted molar refractivity (Wildman–Crippen MR) is 158 cm³/mol. The third-order valence-corrected chi connectivity index (χ3v) is 5.92. The van der Waals surface area contributed by atoms with Crippen LogP contribution in [0.1, 0.15) is 16.8 Å². The molecule has 0 bridgehead atoms. The van der Waals surface area contributed by atoms with Gasteiger partial charge in [-0.3, -0.25) is 4.79 Å². The lowest BCUT2D eigenvalue weighted by Crippen LogP contribution is -2.37. The number of aliphatic carboxylic acids is 1. The minimum atomic E-state index is -5.08. The topological polar surface area (TPSA) is 125 Å². The Labute approximate surface area is 247 Å². The molecule has 43 heavy (non-hydrogen) atoms. The molecule has 0 aliphatic carbocycles. The summed E-state index contributed by atoms with van der Waals surface area (Å²) in [5, 5.41) is 16.8. The van der Waals surface area contributed by atoms with Gasteiger partial charge in [0.1, 0.15) is 17.6 Å². The van der Waals surface area contributed by atoms with Gasteiger partial charge in [0, 0.05) is 30.4 Å². The monoisotopic (exact) mass is 595 g/mol. The first-order chi connectivity index (χ1) is 20.5. The molecule has 0 aliphatic heterocycles. The summed E-state index contributed by atoms with van der Waals surface area (Å²) in [7, 11) is 1.61. The van der Waals surface area contributed by atoms with Crippen molar-refractivity contribution < 1.29 is 32.6 Å². The van der Waals surface area contributed by atoms with Crippen molar-refractivity contribution in [1.82, 2.24) is 9.97 Å². The molecule has 1 atom stereocenters. The van der Waals surface area contributed by atoms with Crippen molar-refractivity contribution in [3.63, 3.8) is 0 Å². The molecule has 226 valence electrons. The van der Waals surface area contributed by atoms with E-state index in [1.54, 1.807) is 7.11 Å². The van der Waals surface area contributed by atoms with E-state index in [1.165, 1.54) is 5.56 Å². The van der Waals surface area contributed by atoms with Gasteiger partial charge in [0.2, 0.25) is 11.9 Å². The molecule has 0 aliphatic rings. The number of carboxylic acid groups (broad SMARTS) is 1. The van der Waals surface area contributed by atoms with Gasteiger partial charge in [-0.05, 0) is 48.7 Å². The summed E-state index contributed by atoms with van der Waals surface area (Å²) in [6.45, 7) is 2.62. The highest BCUT2D eigenvalue weighted by Gasteiger charge is 2.38. The van der Waals surface area contributed by atoms with Gasteiger partial charge in [-0.25, -0.2) is 9.78 Å². The summed E-state index contributed by atoms with van der Waals surface area (Å²) in [6, 6.07) is 28.8. The van der Waals surface area contributed by atoms with Crippen molar-refractivity contribution in [2.24, 2.45) is 0 Å². The van der Waals surface area contributed by atoms with E-state index in [0.29, 0.717) is 30.4 Å². The second-order valence-corrected chi connectivity index (χ2v) is 9.29. The predicted octanol–water partition coefficient (Wildman–Crippen LogP) is 5.74. The SMILES string of the molecule is COc1ccc(NC(=O)[C@H](Cc2ccccc2)Nc2cc(C)nc(NCCc3ccccc3)n2)cc1.O=C(O)C(F)(F)F. The molecule has 9 nitrogen and oxygen atoms in total. The van der Waals surface area contributed by atoms with Gasteiger partial charge < -0.3 is 25.8 Å². The zero-order valence-corrected chi connectivity index (χ0v) is 23.6. The number of aryl methyl sites for hydroxylation is 1. The first-order valence-electron chi connectivity index (χ1n) is 13.2. The van der Waals surface area contributed by atoms with Gasteiger partial charge >= 0.3 is 12.1 Å². The molecule has 0 saturated carbocycles. The fourth-order valence-corrected chi connectivity index (χ4v) is 3.83. The lowest BCUT2D eigenvalue weighted by Gasteiger charge is -2.20. The number of hydrogen-bond donors (Lipinski definition) is 4.